The van der Waals surface area contributed by atoms with Crippen LogP contribution in [0.3, 0.4) is 0 Å². The minimum atomic E-state index is -0.453. The zero-order valence-electron chi connectivity index (χ0n) is 20.7. The van der Waals surface area contributed by atoms with E-state index in [-0.39, 0.29) is 6.09 Å². The van der Waals surface area contributed by atoms with Gasteiger partial charge in [0.1, 0.15) is 5.60 Å². The summed E-state index contributed by atoms with van der Waals surface area (Å²) in [4.78, 5) is 23.4. The second-order valence-electron chi connectivity index (χ2n) is 9.67. The van der Waals surface area contributed by atoms with Gasteiger partial charge < -0.3 is 15.0 Å². The predicted octanol–water partition coefficient (Wildman–Crippen LogP) is 5.69. The first-order valence-corrected chi connectivity index (χ1v) is 12.1. The molecule has 3 rings (SSSR count). The molecule has 33 heavy (non-hydrogen) atoms. The van der Waals surface area contributed by atoms with Gasteiger partial charge in [0.05, 0.1) is 0 Å². The van der Waals surface area contributed by atoms with Crippen molar-refractivity contribution in [3.05, 3.63) is 53.9 Å². The molecule has 0 saturated carbocycles. The summed E-state index contributed by atoms with van der Waals surface area (Å²) in [5.41, 5.74) is 3.95. The summed E-state index contributed by atoms with van der Waals surface area (Å²) in [6.45, 7) is 12.3. The number of piperidine rings is 1. The highest BCUT2D eigenvalue weighted by Gasteiger charge is 2.26. The van der Waals surface area contributed by atoms with Crippen molar-refractivity contribution < 1.29 is 9.53 Å². The number of benzene rings is 1. The van der Waals surface area contributed by atoms with Crippen molar-refractivity contribution in [1.29, 1.82) is 0 Å². The van der Waals surface area contributed by atoms with E-state index in [1.54, 1.807) is 0 Å². The van der Waals surface area contributed by atoms with Gasteiger partial charge in [0.2, 0.25) is 0 Å². The Balaban J connectivity index is 1.56. The van der Waals surface area contributed by atoms with Crippen molar-refractivity contribution in [3.63, 3.8) is 0 Å². The maximum absolute atomic E-state index is 12.3. The molecule has 1 saturated heterocycles. The number of allylic oxidation sites excluding steroid dienone is 1. The summed E-state index contributed by atoms with van der Waals surface area (Å²) >= 11 is 0. The predicted molar refractivity (Wildman–Crippen MR) is 134 cm³/mol. The quantitative estimate of drug-likeness (QED) is 0.587. The van der Waals surface area contributed by atoms with Crippen molar-refractivity contribution >= 4 is 11.8 Å². The summed E-state index contributed by atoms with van der Waals surface area (Å²) in [6.07, 6.45) is 9.65. The van der Waals surface area contributed by atoms with Crippen LogP contribution in [0, 0.1) is 5.92 Å². The first-order chi connectivity index (χ1) is 15.8. The number of likely N-dealkylation sites (tertiary alicyclic amines) is 1. The Morgan fingerprint density at radius 3 is 2.48 bits per heavy atom. The highest BCUT2D eigenvalue weighted by molar-refractivity contribution is 5.68. The number of amides is 1. The molecular weight excluding hydrogens is 412 g/mol. The molecule has 0 atom stereocenters. The molecule has 1 fully saturated rings. The molecule has 178 valence electrons. The van der Waals surface area contributed by atoms with E-state index in [2.05, 4.69) is 59.5 Å². The van der Waals surface area contributed by atoms with Crippen LogP contribution >= 0.6 is 0 Å². The fraction of sp³-hybridized carbons (Fsp3) is 0.519. The van der Waals surface area contributed by atoms with E-state index in [0.717, 1.165) is 68.0 Å². The molecule has 1 N–H and O–H groups in total. The average Bonchev–Trinajstić information content (AvgIpc) is 2.81. The highest BCUT2D eigenvalue weighted by atomic mass is 16.6. The number of carbonyl (C=O) groups is 1. The maximum atomic E-state index is 12.3. The van der Waals surface area contributed by atoms with E-state index in [9.17, 15) is 4.79 Å². The molecule has 1 aliphatic rings. The van der Waals surface area contributed by atoms with Crippen molar-refractivity contribution in [1.82, 2.24) is 20.2 Å². The molecule has 1 aromatic heterocycles. The van der Waals surface area contributed by atoms with Crippen LogP contribution < -0.4 is 5.32 Å². The lowest BCUT2D eigenvalue weighted by Gasteiger charge is -2.33. The molecule has 0 aliphatic carbocycles. The minimum absolute atomic E-state index is 0.206. The van der Waals surface area contributed by atoms with Crippen LogP contribution in [0.2, 0.25) is 0 Å². The molecule has 0 unspecified atom stereocenters. The van der Waals surface area contributed by atoms with E-state index < -0.39 is 5.60 Å². The summed E-state index contributed by atoms with van der Waals surface area (Å²) in [7, 11) is 0. The second kappa shape index (κ2) is 11.3. The summed E-state index contributed by atoms with van der Waals surface area (Å²) in [6, 6.07) is 8.39. The van der Waals surface area contributed by atoms with Crippen LogP contribution in [0.5, 0.6) is 0 Å². The Morgan fingerprint density at radius 1 is 1.18 bits per heavy atom. The van der Waals surface area contributed by atoms with E-state index in [1.807, 2.05) is 38.1 Å². The normalized spacial score (nSPS) is 15.4. The van der Waals surface area contributed by atoms with Crippen molar-refractivity contribution in [2.75, 3.05) is 19.6 Å². The van der Waals surface area contributed by atoms with Gasteiger partial charge in [-0.25, -0.2) is 14.8 Å². The Hall–Kier alpha value is -2.89. The molecule has 1 aromatic carbocycles. The van der Waals surface area contributed by atoms with Crippen LogP contribution in [0.25, 0.3) is 17.1 Å². The first kappa shape index (κ1) is 24.7. The SMILES string of the molecule is CC/C=C(/NCC1CCN(C(=O)OC(C)(C)C)CC1)c1cnc(-c2cccc(CC)c2)nc1. The number of hydrogen-bond acceptors (Lipinski definition) is 5. The number of ether oxygens (including phenoxy) is 1. The third kappa shape index (κ3) is 7.31. The van der Waals surface area contributed by atoms with Crippen molar-refractivity contribution in [3.8, 4) is 11.4 Å². The Labute approximate surface area is 198 Å². The molecule has 0 radical (unpaired) electrons. The molecule has 1 amide bonds. The van der Waals surface area contributed by atoms with E-state index >= 15 is 0 Å². The number of nitrogens with one attached hydrogen (secondary N) is 1. The Bertz CT molecular complexity index is 939. The van der Waals surface area contributed by atoms with Gasteiger partial charge in [0.15, 0.2) is 5.82 Å². The largest absolute Gasteiger partial charge is 0.444 e. The molecule has 2 aromatic rings. The number of nitrogens with zero attached hydrogens (tertiary/aromatic N) is 3. The standard InChI is InChI=1S/C27H38N4O2/c1-6-9-24(23-18-29-25(30-19-23)22-11-8-10-20(7-2)16-22)28-17-21-12-14-31(15-13-21)26(32)33-27(3,4)5/h8-11,16,18-19,21,28H,6-7,12-15,17H2,1-5H3/b24-9+. The molecule has 6 nitrogen and oxygen atoms in total. The lowest BCUT2D eigenvalue weighted by molar-refractivity contribution is 0.0185. The summed E-state index contributed by atoms with van der Waals surface area (Å²) < 4.78 is 5.50. The van der Waals surface area contributed by atoms with Crippen molar-refractivity contribution in [2.24, 2.45) is 5.92 Å². The van der Waals surface area contributed by atoms with Gasteiger partial charge in [-0.3, -0.25) is 0 Å². The zero-order valence-corrected chi connectivity index (χ0v) is 20.7. The van der Waals surface area contributed by atoms with Crippen LogP contribution in [0.4, 0.5) is 4.79 Å². The van der Waals surface area contributed by atoms with Crippen LogP contribution in [0.1, 0.15) is 65.0 Å². The number of carbonyl (C=O) groups excluding carboxylic acids is 1. The zero-order chi connectivity index (χ0) is 23.8. The average molecular weight is 451 g/mol. The van der Waals surface area contributed by atoms with Gasteiger partial charge >= 0.3 is 6.09 Å². The first-order valence-electron chi connectivity index (χ1n) is 12.1. The molecule has 0 bridgehead atoms. The number of aromatic nitrogens is 2. The van der Waals surface area contributed by atoms with Gasteiger partial charge in [-0.2, -0.15) is 0 Å². The topological polar surface area (TPSA) is 67.4 Å². The Morgan fingerprint density at radius 2 is 1.88 bits per heavy atom. The van der Waals surface area contributed by atoms with Crippen LogP contribution in [-0.2, 0) is 11.2 Å². The van der Waals surface area contributed by atoms with Gasteiger partial charge in [0, 0.05) is 48.9 Å². The minimum Gasteiger partial charge on any atom is -0.444 e. The fourth-order valence-electron chi connectivity index (χ4n) is 3.94. The van der Waals surface area contributed by atoms with Gasteiger partial charge in [-0.05, 0) is 64.0 Å². The molecule has 0 spiro atoms. The van der Waals surface area contributed by atoms with Crippen molar-refractivity contribution in [2.45, 2.75) is 65.9 Å². The number of rotatable bonds is 7. The molecule has 1 aliphatic heterocycles. The molecular formula is C27H38N4O2. The van der Waals surface area contributed by atoms with E-state index in [1.165, 1.54) is 5.56 Å². The monoisotopic (exact) mass is 450 g/mol. The van der Waals surface area contributed by atoms with Crippen LogP contribution in [0.15, 0.2) is 42.7 Å². The molecule has 6 heteroatoms. The van der Waals surface area contributed by atoms with Gasteiger partial charge in [0.25, 0.3) is 0 Å². The third-order valence-electron chi connectivity index (χ3n) is 5.81. The Kier molecular flexibility index (Phi) is 8.48. The number of aryl methyl sites for hydroxylation is 1. The highest BCUT2D eigenvalue weighted by Crippen LogP contribution is 2.22. The van der Waals surface area contributed by atoms with Gasteiger partial charge in [-0.15, -0.1) is 0 Å². The lowest BCUT2D eigenvalue weighted by atomic mass is 9.96. The van der Waals surface area contributed by atoms with Crippen LogP contribution in [-0.4, -0.2) is 46.2 Å². The fourth-order valence-corrected chi connectivity index (χ4v) is 3.94. The molecule has 2 heterocycles. The number of hydrogen-bond donors (Lipinski definition) is 1. The summed E-state index contributed by atoms with van der Waals surface area (Å²) in [5.74, 6) is 1.26. The maximum Gasteiger partial charge on any atom is 0.410 e. The van der Waals surface area contributed by atoms with E-state index in [0.29, 0.717) is 5.92 Å². The smallest absolute Gasteiger partial charge is 0.410 e. The van der Waals surface area contributed by atoms with Gasteiger partial charge in [-0.1, -0.05) is 38.1 Å². The van der Waals surface area contributed by atoms with E-state index in [4.69, 9.17) is 4.74 Å². The lowest BCUT2D eigenvalue weighted by Crippen LogP contribution is -2.43. The summed E-state index contributed by atoms with van der Waals surface area (Å²) in [5, 5.41) is 3.61. The second-order valence-corrected chi connectivity index (χ2v) is 9.67. The third-order valence-corrected chi connectivity index (χ3v) is 5.81.